The zero-order chi connectivity index (χ0) is 13.9. The number of carbonyl (C=O) groups is 1. The van der Waals surface area contributed by atoms with Crippen molar-refractivity contribution in [1.29, 1.82) is 0 Å². The molecule has 0 aromatic heterocycles. The molecule has 1 aliphatic heterocycles. The van der Waals surface area contributed by atoms with Gasteiger partial charge in [-0.1, -0.05) is 36.2 Å². The van der Waals surface area contributed by atoms with Gasteiger partial charge >= 0.3 is 0 Å². The minimum atomic E-state index is 0.0501. The van der Waals surface area contributed by atoms with Crippen LogP contribution in [0.5, 0.6) is 0 Å². The molecule has 0 spiro atoms. The summed E-state index contributed by atoms with van der Waals surface area (Å²) in [5.41, 5.74) is 2.52. The molecule has 0 unspecified atom stereocenters. The molecule has 2 fully saturated rings. The maximum Gasteiger partial charge on any atom is 0.240 e. The first kappa shape index (κ1) is 13.6. The number of hydrogen-bond donors (Lipinski definition) is 1. The Morgan fingerprint density at radius 2 is 2.15 bits per heavy atom. The van der Waals surface area contributed by atoms with Crippen molar-refractivity contribution >= 4 is 5.91 Å². The Morgan fingerprint density at radius 3 is 2.80 bits per heavy atom. The maximum absolute atomic E-state index is 12.7. The molecular formula is C17H24N2O. The van der Waals surface area contributed by atoms with Gasteiger partial charge in [0.05, 0.1) is 6.04 Å². The highest BCUT2D eigenvalue weighted by Crippen LogP contribution is 2.29. The summed E-state index contributed by atoms with van der Waals surface area (Å²) < 4.78 is 0. The Hall–Kier alpha value is -1.35. The summed E-state index contributed by atoms with van der Waals surface area (Å²) in [6.45, 7) is 3.86. The van der Waals surface area contributed by atoms with E-state index in [-0.39, 0.29) is 6.04 Å². The van der Waals surface area contributed by atoms with E-state index in [0.29, 0.717) is 11.9 Å². The third kappa shape index (κ3) is 3.21. The molecule has 2 aliphatic rings. The Morgan fingerprint density at radius 1 is 1.30 bits per heavy atom. The molecule has 1 aromatic rings. The summed E-state index contributed by atoms with van der Waals surface area (Å²) >= 11 is 0. The van der Waals surface area contributed by atoms with Crippen molar-refractivity contribution in [2.45, 2.75) is 57.7 Å². The van der Waals surface area contributed by atoms with Gasteiger partial charge < -0.3 is 10.2 Å². The van der Waals surface area contributed by atoms with Gasteiger partial charge in [-0.05, 0) is 44.7 Å². The molecule has 0 radical (unpaired) electrons. The van der Waals surface area contributed by atoms with E-state index in [1.165, 1.54) is 36.8 Å². The average molecular weight is 272 g/mol. The summed E-state index contributed by atoms with van der Waals surface area (Å²) in [6.07, 6.45) is 5.71. The number of rotatable bonds is 4. The van der Waals surface area contributed by atoms with Crippen molar-refractivity contribution in [3.8, 4) is 0 Å². The van der Waals surface area contributed by atoms with Gasteiger partial charge in [0.2, 0.25) is 5.91 Å². The van der Waals surface area contributed by atoms with Crippen molar-refractivity contribution in [3.63, 3.8) is 0 Å². The first-order valence-electron chi connectivity index (χ1n) is 7.83. The third-order valence-electron chi connectivity index (χ3n) is 4.31. The van der Waals surface area contributed by atoms with Crippen LogP contribution in [0.15, 0.2) is 24.3 Å². The minimum Gasteiger partial charge on any atom is -0.334 e. The molecule has 20 heavy (non-hydrogen) atoms. The van der Waals surface area contributed by atoms with Gasteiger partial charge in [0, 0.05) is 12.6 Å². The summed E-state index contributed by atoms with van der Waals surface area (Å²) in [5, 5.41) is 3.39. The van der Waals surface area contributed by atoms with E-state index in [2.05, 4.69) is 41.4 Å². The zero-order valence-electron chi connectivity index (χ0n) is 12.3. The second-order valence-electron chi connectivity index (χ2n) is 6.19. The van der Waals surface area contributed by atoms with Gasteiger partial charge in [0.25, 0.3) is 0 Å². The lowest BCUT2D eigenvalue weighted by atomic mass is 10.0. The lowest BCUT2D eigenvalue weighted by molar-refractivity contribution is -0.135. The van der Waals surface area contributed by atoms with E-state index in [0.717, 1.165) is 19.5 Å². The first-order chi connectivity index (χ1) is 9.74. The van der Waals surface area contributed by atoms with E-state index in [4.69, 9.17) is 0 Å². The standard InChI is InChI=1S/C17H24N2O/c1-13-5-4-6-14(11-13)12-19(15-8-9-15)17(20)16-7-2-3-10-18-16/h4-6,11,15-16,18H,2-3,7-10,12H2,1H3/t16-/m1/s1. The van der Waals surface area contributed by atoms with E-state index >= 15 is 0 Å². The fraction of sp³-hybridized carbons (Fsp3) is 0.588. The van der Waals surface area contributed by atoms with Crippen molar-refractivity contribution in [2.24, 2.45) is 0 Å². The normalized spacial score (nSPS) is 22.6. The van der Waals surface area contributed by atoms with Crippen LogP contribution in [0.2, 0.25) is 0 Å². The molecule has 1 amide bonds. The van der Waals surface area contributed by atoms with Crippen LogP contribution in [0.3, 0.4) is 0 Å². The van der Waals surface area contributed by atoms with Gasteiger partial charge in [0.1, 0.15) is 0 Å². The van der Waals surface area contributed by atoms with Gasteiger partial charge in [0.15, 0.2) is 0 Å². The molecule has 1 aromatic carbocycles. The second-order valence-corrected chi connectivity index (χ2v) is 6.19. The molecule has 1 saturated heterocycles. The monoisotopic (exact) mass is 272 g/mol. The molecule has 3 nitrogen and oxygen atoms in total. The van der Waals surface area contributed by atoms with E-state index in [9.17, 15) is 4.79 Å². The number of piperidine rings is 1. The third-order valence-corrected chi connectivity index (χ3v) is 4.31. The number of benzene rings is 1. The Balaban J connectivity index is 1.70. The van der Waals surface area contributed by atoms with Gasteiger partial charge in [-0.15, -0.1) is 0 Å². The van der Waals surface area contributed by atoms with Crippen LogP contribution in [0, 0.1) is 6.92 Å². The maximum atomic E-state index is 12.7. The van der Waals surface area contributed by atoms with Gasteiger partial charge in [-0.2, -0.15) is 0 Å². The number of carbonyl (C=O) groups excluding carboxylic acids is 1. The Labute approximate surface area is 121 Å². The molecule has 1 saturated carbocycles. The van der Waals surface area contributed by atoms with Gasteiger partial charge in [-0.3, -0.25) is 4.79 Å². The molecule has 1 aliphatic carbocycles. The fourth-order valence-corrected chi connectivity index (χ4v) is 3.04. The first-order valence-corrected chi connectivity index (χ1v) is 7.83. The molecular weight excluding hydrogens is 248 g/mol. The molecule has 1 N–H and O–H groups in total. The summed E-state index contributed by atoms with van der Waals surface area (Å²) in [4.78, 5) is 14.8. The topological polar surface area (TPSA) is 32.3 Å². The van der Waals surface area contributed by atoms with E-state index in [1.807, 2.05) is 0 Å². The molecule has 1 heterocycles. The van der Waals surface area contributed by atoms with Crippen LogP contribution in [0.1, 0.15) is 43.2 Å². The van der Waals surface area contributed by atoms with Crippen molar-refractivity contribution < 1.29 is 4.79 Å². The summed E-state index contributed by atoms with van der Waals surface area (Å²) in [7, 11) is 0. The molecule has 3 heteroatoms. The van der Waals surface area contributed by atoms with Crippen LogP contribution >= 0.6 is 0 Å². The number of aryl methyl sites for hydroxylation is 1. The van der Waals surface area contributed by atoms with Crippen LogP contribution in [-0.2, 0) is 11.3 Å². The number of hydrogen-bond acceptors (Lipinski definition) is 2. The predicted octanol–water partition coefficient (Wildman–Crippen LogP) is 2.63. The summed E-state index contributed by atoms with van der Waals surface area (Å²) in [6, 6.07) is 9.04. The smallest absolute Gasteiger partial charge is 0.240 e. The number of nitrogens with zero attached hydrogens (tertiary/aromatic N) is 1. The molecule has 3 rings (SSSR count). The lowest BCUT2D eigenvalue weighted by Gasteiger charge is -2.30. The highest BCUT2D eigenvalue weighted by molar-refractivity contribution is 5.82. The predicted molar refractivity (Wildman–Crippen MR) is 80.4 cm³/mol. The van der Waals surface area contributed by atoms with E-state index < -0.39 is 0 Å². The molecule has 108 valence electrons. The second kappa shape index (κ2) is 5.96. The zero-order valence-corrected chi connectivity index (χ0v) is 12.3. The Kier molecular flexibility index (Phi) is 4.06. The quantitative estimate of drug-likeness (QED) is 0.914. The largest absolute Gasteiger partial charge is 0.334 e. The number of nitrogens with one attached hydrogen (secondary N) is 1. The Bertz CT molecular complexity index is 476. The lowest BCUT2D eigenvalue weighted by Crippen LogP contribution is -2.49. The van der Waals surface area contributed by atoms with Crippen LogP contribution < -0.4 is 5.32 Å². The van der Waals surface area contributed by atoms with Crippen LogP contribution in [0.25, 0.3) is 0 Å². The van der Waals surface area contributed by atoms with E-state index in [1.54, 1.807) is 0 Å². The average Bonchev–Trinajstić information content (AvgIpc) is 3.30. The van der Waals surface area contributed by atoms with Crippen molar-refractivity contribution in [1.82, 2.24) is 10.2 Å². The molecule has 0 bridgehead atoms. The van der Waals surface area contributed by atoms with Crippen molar-refractivity contribution in [2.75, 3.05) is 6.54 Å². The molecule has 1 atom stereocenters. The minimum absolute atomic E-state index is 0.0501. The summed E-state index contributed by atoms with van der Waals surface area (Å²) in [5.74, 6) is 0.314. The van der Waals surface area contributed by atoms with Crippen LogP contribution in [0.4, 0.5) is 0 Å². The van der Waals surface area contributed by atoms with Crippen molar-refractivity contribution in [3.05, 3.63) is 35.4 Å². The SMILES string of the molecule is Cc1cccc(CN(C(=O)[C@H]2CCCCN2)C2CC2)c1. The fourth-order valence-electron chi connectivity index (χ4n) is 3.04. The highest BCUT2D eigenvalue weighted by atomic mass is 16.2. The number of amides is 1. The van der Waals surface area contributed by atoms with Crippen LogP contribution in [-0.4, -0.2) is 29.4 Å². The highest BCUT2D eigenvalue weighted by Gasteiger charge is 2.36. The van der Waals surface area contributed by atoms with Gasteiger partial charge in [-0.25, -0.2) is 0 Å².